The zero-order valence-electron chi connectivity index (χ0n) is 17.0. The fourth-order valence-electron chi connectivity index (χ4n) is 4.68. The number of hydrogen-bond donors (Lipinski definition) is 0. The lowest BCUT2D eigenvalue weighted by atomic mass is 9.52. The summed E-state index contributed by atoms with van der Waals surface area (Å²) in [5, 5.41) is 0.266. The molecule has 3 aliphatic rings. The van der Waals surface area contributed by atoms with E-state index in [1.54, 1.807) is 0 Å². The van der Waals surface area contributed by atoms with Crippen molar-refractivity contribution in [3.05, 3.63) is 12.2 Å². The Morgan fingerprint density at radius 3 is 2.50 bits per heavy atom. The summed E-state index contributed by atoms with van der Waals surface area (Å²) in [5.74, 6) is 1.55. The maximum Gasteiger partial charge on any atom is 0.192 e. The van der Waals surface area contributed by atoms with Crippen LogP contribution >= 0.6 is 0 Å². The van der Waals surface area contributed by atoms with Crippen molar-refractivity contribution in [1.29, 1.82) is 0 Å². The van der Waals surface area contributed by atoms with Crippen molar-refractivity contribution in [2.45, 2.75) is 96.6 Å². The van der Waals surface area contributed by atoms with Gasteiger partial charge in [0.2, 0.25) is 0 Å². The summed E-state index contributed by atoms with van der Waals surface area (Å²) in [5.41, 5.74) is 1.97. The van der Waals surface area contributed by atoms with Crippen LogP contribution in [0.25, 0.3) is 0 Å². The lowest BCUT2D eigenvalue weighted by molar-refractivity contribution is -0.00479. The first-order valence-electron chi connectivity index (χ1n) is 9.87. The van der Waals surface area contributed by atoms with Gasteiger partial charge in [0.15, 0.2) is 8.32 Å². The molecule has 0 aromatic rings. The molecule has 2 aliphatic carbocycles. The average Bonchev–Trinajstić information content (AvgIpc) is 3.12. The van der Waals surface area contributed by atoms with Crippen molar-refractivity contribution < 1.29 is 9.16 Å². The van der Waals surface area contributed by atoms with E-state index in [-0.39, 0.29) is 10.6 Å². The van der Waals surface area contributed by atoms with E-state index >= 15 is 0 Å². The minimum absolute atomic E-state index is 0.0103. The molecular formula is C21H38O2Si. The largest absolute Gasteiger partial charge is 0.414 e. The van der Waals surface area contributed by atoms with Crippen LogP contribution in [-0.4, -0.2) is 26.6 Å². The third kappa shape index (κ3) is 3.17. The minimum Gasteiger partial charge on any atom is -0.414 e. The second-order valence-corrected chi connectivity index (χ2v) is 15.7. The van der Waals surface area contributed by atoms with E-state index in [1.807, 2.05) is 0 Å². The number of hydrogen-bond acceptors (Lipinski definition) is 2. The summed E-state index contributed by atoms with van der Waals surface area (Å²) in [7, 11) is -1.71. The van der Waals surface area contributed by atoms with Crippen molar-refractivity contribution >= 4 is 8.32 Å². The highest BCUT2D eigenvalue weighted by Gasteiger charge is 2.59. The van der Waals surface area contributed by atoms with Crippen LogP contribution in [0.3, 0.4) is 0 Å². The average molecular weight is 351 g/mol. The van der Waals surface area contributed by atoms with Gasteiger partial charge in [0.1, 0.15) is 5.60 Å². The Balaban J connectivity index is 1.68. The summed E-state index contributed by atoms with van der Waals surface area (Å²) in [6, 6.07) is 0. The lowest BCUT2D eigenvalue weighted by Crippen LogP contribution is -2.46. The van der Waals surface area contributed by atoms with E-state index in [0.717, 1.165) is 31.3 Å². The van der Waals surface area contributed by atoms with Gasteiger partial charge in [-0.1, -0.05) is 46.8 Å². The molecule has 138 valence electrons. The molecule has 4 atom stereocenters. The Morgan fingerprint density at radius 2 is 1.92 bits per heavy atom. The molecule has 2 saturated carbocycles. The van der Waals surface area contributed by atoms with Gasteiger partial charge in [0, 0.05) is 0 Å². The maximum absolute atomic E-state index is 6.57. The number of ether oxygens (including phenoxy) is 1. The van der Waals surface area contributed by atoms with Gasteiger partial charge in [-0.3, -0.25) is 0 Å². The Bertz CT molecular complexity index is 516. The van der Waals surface area contributed by atoms with Crippen LogP contribution in [0.1, 0.15) is 66.7 Å². The van der Waals surface area contributed by atoms with Gasteiger partial charge in [-0.25, -0.2) is 0 Å². The molecule has 3 fully saturated rings. The Kier molecular flexibility index (Phi) is 4.42. The normalized spacial score (nSPS) is 39.0. The lowest BCUT2D eigenvalue weighted by Gasteiger charge is -2.53. The van der Waals surface area contributed by atoms with E-state index in [2.05, 4.69) is 54.3 Å². The minimum atomic E-state index is -1.71. The van der Waals surface area contributed by atoms with Crippen LogP contribution in [-0.2, 0) is 9.16 Å². The van der Waals surface area contributed by atoms with Crippen LogP contribution in [0, 0.1) is 17.3 Å². The quantitative estimate of drug-likeness (QED) is 0.357. The van der Waals surface area contributed by atoms with E-state index in [1.165, 1.54) is 24.8 Å². The van der Waals surface area contributed by atoms with Gasteiger partial charge >= 0.3 is 0 Å². The highest BCUT2D eigenvalue weighted by Crippen LogP contribution is 2.59. The first-order chi connectivity index (χ1) is 10.9. The second kappa shape index (κ2) is 5.69. The number of rotatable bonds is 3. The third-order valence-corrected chi connectivity index (χ3v) is 12.2. The fraction of sp³-hybridized carbons (Fsp3) is 0.905. The zero-order valence-corrected chi connectivity index (χ0v) is 18.0. The van der Waals surface area contributed by atoms with Crippen LogP contribution in [0.2, 0.25) is 18.1 Å². The number of allylic oxidation sites excluding steroid dienone is 1. The summed E-state index contributed by atoms with van der Waals surface area (Å²) in [6.45, 7) is 21.7. The summed E-state index contributed by atoms with van der Waals surface area (Å²) in [4.78, 5) is 0. The topological polar surface area (TPSA) is 21.8 Å². The molecule has 1 aliphatic heterocycles. The van der Waals surface area contributed by atoms with Crippen molar-refractivity contribution in [3.8, 4) is 0 Å². The number of epoxide rings is 1. The van der Waals surface area contributed by atoms with Gasteiger partial charge < -0.3 is 9.16 Å². The first kappa shape index (κ1) is 18.7. The van der Waals surface area contributed by atoms with Gasteiger partial charge in [0.05, 0.1) is 12.7 Å². The fourth-order valence-corrected chi connectivity index (χ4v) is 5.71. The van der Waals surface area contributed by atoms with Gasteiger partial charge in [-0.2, -0.15) is 0 Å². The molecule has 0 aromatic heterocycles. The highest BCUT2D eigenvalue weighted by atomic mass is 28.4. The summed E-state index contributed by atoms with van der Waals surface area (Å²) in [6.07, 6.45) is 6.46. The summed E-state index contributed by atoms with van der Waals surface area (Å²) < 4.78 is 12.8. The number of fused-ring (bicyclic) bond motifs is 2. The van der Waals surface area contributed by atoms with E-state index < -0.39 is 8.32 Å². The zero-order chi connectivity index (χ0) is 18.0. The first-order valence-corrected chi connectivity index (χ1v) is 12.8. The van der Waals surface area contributed by atoms with Crippen molar-refractivity contribution in [1.82, 2.24) is 0 Å². The Labute approximate surface area is 150 Å². The molecular weight excluding hydrogens is 312 g/mol. The van der Waals surface area contributed by atoms with Crippen LogP contribution in [0.4, 0.5) is 0 Å². The predicted molar refractivity (Wildman–Crippen MR) is 104 cm³/mol. The van der Waals surface area contributed by atoms with E-state index in [4.69, 9.17) is 9.16 Å². The SMILES string of the molecule is C=C1CC[C@H]2O[C@@]2(CO[Si](C)(C)C(C)(C)C)CC[C@@H]2[C@@H]1CC2(C)C. The van der Waals surface area contributed by atoms with Gasteiger partial charge in [-0.15, -0.1) is 0 Å². The molecule has 2 nitrogen and oxygen atoms in total. The van der Waals surface area contributed by atoms with Gasteiger partial charge in [-0.05, 0) is 67.5 Å². The van der Waals surface area contributed by atoms with Crippen molar-refractivity contribution in [2.75, 3.05) is 6.61 Å². The monoisotopic (exact) mass is 350 g/mol. The smallest absolute Gasteiger partial charge is 0.192 e. The molecule has 0 radical (unpaired) electrons. The molecule has 0 amide bonds. The highest BCUT2D eigenvalue weighted by molar-refractivity contribution is 6.74. The predicted octanol–water partition coefficient (Wildman–Crippen LogP) is 5.94. The molecule has 3 heteroatoms. The molecule has 1 heterocycles. The standard InChI is InChI=1S/C21H38O2Si/c1-15-9-10-18-21(23-18,14-22-24(7,8)19(2,3)4)12-11-17-16(15)13-20(17,5)6/h16-18H,1,9-14H2,2-8H3/t16-,17-,18-,21-/m1/s1. The molecule has 0 bridgehead atoms. The Morgan fingerprint density at radius 1 is 1.25 bits per heavy atom. The molecule has 3 rings (SSSR count). The maximum atomic E-state index is 6.57. The Hall–Kier alpha value is -0.123. The molecule has 0 spiro atoms. The molecule has 1 saturated heterocycles. The molecule has 0 N–H and O–H groups in total. The van der Waals surface area contributed by atoms with Crippen molar-refractivity contribution in [2.24, 2.45) is 17.3 Å². The molecule has 0 aromatic carbocycles. The van der Waals surface area contributed by atoms with Crippen LogP contribution < -0.4 is 0 Å². The van der Waals surface area contributed by atoms with Crippen LogP contribution in [0.15, 0.2) is 12.2 Å². The molecule has 0 unspecified atom stereocenters. The van der Waals surface area contributed by atoms with Crippen LogP contribution in [0.5, 0.6) is 0 Å². The van der Waals surface area contributed by atoms with Crippen molar-refractivity contribution in [3.63, 3.8) is 0 Å². The summed E-state index contributed by atoms with van der Waals surface area (Å²) >= 11 is 0. The van der Waals surface area contributed by atoms with Gasteiger partial charge in [0.25, 0.3) is 0 Å². The second-order valence-electron chi connectivity index (χ2n) is 10.9. The van der Waals surface area contributed by atoms with E-state index in [0.29, 0.717) is 11.5 Å². The molecule has 24 heavy (non-hydrogen) atoms. The third-order valence-electron chi connectivity index (χ3n) is 7.76. The van der Waals surface area contributed by atoms with E-state index in [9.17, 15) is 0 Å².